The molecule has 98 valence electrons. The molecule has 19 heavy (non-hydrogen) atoms. The number of hydrogen-bond acceptors (Lipinski definition) is 3. The number of fused-ring (bicyclic) bond motifs is 1. The van der Waals surface area contributed by atoms with Gasteiger partial charge in [-0.1, -0.05) is 29.4 Å². The summed E-state index contributed by atoms with van der Waals surface area (Å²) >= 11 is 5.81. The summed E-state index contributed by atoms with van der Waals surface area (Å²) in [5.41, 5.74) is 2.04. The topological polar surface area (TPSA) is 30.8 Å². The predicted octanol–water partition coefficient (Wildman–Crippen LogP) is 3.58. The third kappa shape index (κ3) is 2.15. The van der Waals surface area contributed by atoms with Crippen LogP contribution in [-0.2, 0) is 4.84 Å². The molecule has 0 bridgehead atoms. The van der Waals surface area contributed by atoms with Crippen molar-refractivity contribution in [1.29, 1.82) is 0 Å². The van der Waals surface area contributed by atoms with Crippen LogP contribution in [0.25, 0.3) is 10.8 Å². The Morgan fingerprint density at radius 3 is 2.74 bits per heavy atom. The summed E-state index contributed by atoms with van der Waals surface area (Å²) in [4.78, 5) is 5.30. The van der Waals surface area contributed by atoms with Crippen molar-refractivity contribution in [1.82, 2.24) is 0 Å². The second kappa shape index (κ2) is 5.10. The lowest BCUT2D eigenvalue weighted by atomic mass is 9.98. The highest BCUT2D eigenvalue weighted by Gasteiger charge is 2.22. The van der Waals surface area contributed by atoms with Gasteiger partial charge in [-0.15, -0.1) is 11.6 Å². The Morgan fingerprint density at radius 1 is 1.26 bits per heavy atom. The number of rotatable bonds is 3. The van der Waals surface area contributed by atoms with Crippen LogP contribution in [0.15, 0.2) is 41.6 Å². The Hall–Kier alpha value is -1.74. The third-order valence-corrected chi connectivity index (χ3v) is 3.66. The van der Waals surface area contributed by atoms with Gasteiger partial charge in [0.1, 0.15) is 11.9 Å². The zero-order valence-electron chi connectivity index (χ0n) is 10.6. The maximum Gasteiger partial charge on any atom is 0.146 e. The molecule has 1 aliphatic rings. The van der Waals surface area contributed by atoms with Gasteiger partial charge in [0.05, 0.1) is 18.7 Å². The van der Waals surface area contributed by atoms with Gasteiger partial charge >= 0.3 is 0 Å². The summed E-state index contributed by atoms with van der Waals surface area (Å²) in [6, 6.07) is 12.1. The van der Waals surface area contributed by atoms with E-state index in [0.29, 0.717) is 5.88 Å². The van der Waals surface area contributed by atoms with Gasteiger partial charge in [-0.2, -0.15) is 0 Å². The van der Waals surface area contributed by atoms with Crippen LogP contribution in [0.1, 0.15) is 12.0 Å². The summed E-state index contributed by atoms with van der Waals surface area (Å²) in [7, 11) is 1.68. The number of ether oxygens (including phenoxy) is 1. The first-order valence-corrected chi connectivity index (χ1v) is 6.71. The Labute approximate surface area is 116 Å². The molecule has 0 saturated carbocycles. The lowest BCUT2D eigenvalue weighted by Gasteiger charge is -2.09. The third-order valence-electron chi connectivity index (χ3n) is 3.32. The van der Waals surface area contributed by atoms with E-state index in [0.717, 1.165) is 34.2 Å². The normalized spacial score (nSPS) is 18.2. The summed E-state index contributed by atoms with van der Waals surface area (Å²) < 4.78 is 5.40. The number of benzene rings is 2. The van der Waals surface area contributed by atoms with E-state index in [1.807, 2.05) is 30.3 Å². The second-order valence-corrected chi connectivity index (χ2v) is 4.79. The van der Waals surface area contributed by atoms with Crippen LogP contribution in [-0.4, -0.2) is 24.8 Å². The van der Waals surface area contributed by atoms with Crippen molar-refractivity contribution in [3.05, 3.63) is 42.0 Å². The average molecular weight is 276 g/mol. The highest BCUT2D eigenvalue weighted by molar-refractivity contribution is 6.19. The van der Waals surface area contributed by atoms with E-state index >= 15 is 0 Å². The fourth-order valence-electron chi connectivity index (χ4n) is 2.37. The largest absolute Gasteiger partial charge is 0.496 e. The molecule has 0 aliphatic carbocycles. The summed E-state index contributed by atoms with van der Waals surface area (Å²) in [5.74, 6) is 1.33. The smallest absolute Gasteiger partial charge is 0.146 e. The SMILES string of the molecule is COc1ccc(C2=NOC(CCl)C2)c2ccccc12. The van der Waals surface area contributed by atoms with Gasteiger partial charge < -0.3 is 9.57 Å². The zero-order chi connectivity index (χ0) is 13.2. The lowest BCUT2D eigenvalue weighted by Crippen LogP contribution is -2.09. The Morgan fingerprint density at radius 2 is 2.05 bits per heavy atom. The highest BCUT2D eigenvalue weighted by Crippen LogP contribution is 2.30. The Kier molecular flexibility index (Phi) is 3.30. The van der Waals surface area contributed by atoms with E-state index in [1.165, 1.54) is 0 Å². The van der Waals surface area contributed by atoms with Crippen LogP contribution in [0.5, 0.6) is 5.75 Å². The van der Waals surface area contributed by atoms with Crippen LogP contribution in [0.4, 0.5) is 0 Å². The molecule has 0 amide bonds. The van der Waals surface area contributed by atoms with Crippen LogP contribution >= 0.6 is 11.6 Å². The number of nitrogens with zero attached hydrogens (tertiary/aromatic N) is 1. The molecule has 0 fully saturated rings. The maximum absolute atomic E-state index is 5.81. The zero-order valence-corrected chi connectivity index (χ0v) is 11.4. The summed E-state index contributed by atoms with van der Waals surface area (Å²) in [5, 5.41) is 6.36. The molecule has 0 radical (unpaired) electrons. The Balaban J connectivity index is 2.11. The van der Waals surface area contributed by atoms with Gasteiger partial charge in [-0.3, -0.25) is 0 Å². The molecule has 3 rings (SSSR count). The van der Waals surface area contributed by atoms with E-state index in [4.69, 9.17) is 21.2 Å². The second-order valence-electron chi connectivity index (χ2n) is 4.48. The summed E-state index contributed by atoms with van der Waals surface area (Å²) in [6.07, 6.45) is 0.734. The first-order chi connectivity index (χ1) is 9.33. The molecule has 3 nitrogen and oxygen atoms in total. The molecular weight excluding hydrogens is 262 g/mol. The van der Waals surface area contributed by atoms with E-state index < -0.39 is 0 Å². The number of oxime groups is 1. The standard InChI is InChI=1S/C15H14ClNO2/c1-18-15-7-6-12(11-4-2-3-5-13(11)15)14-8-10(9-16)19-17-14/h2-7,10H,8-9H2,1H3. The van der Waals surface area contributed by atoms with Crippen LogP contribution < -0.4 is 4.74 Å². The van der Waals surface area contributed by atoms with E-state index in [2.05, 4.69) is 11.2 Å². The van der Waals surface area contributed by atoms with Crippen molar-refractivity contribution in [2.24, 2.45) is 5.16 Å². The minimum absolute atomic E-state index is 0.0162. The minimum Gasteiger partial charge on any atom is -0.496 e. The molecule has 1 aliphatic heterocycles. The first kappa shape index (κ1) is 12.3. The van der Waals surface area contributed by atoms with Crippen LogP contribution in [0.3, 0.4) is 0 Å². The maximum atomic E-state index is 5.81. The van der Waals surface area contributed by atoms with Crippen molar-refractivity contribution in [3.63, 3.8) is 0 Å². The molecule has 0 N–H and O–H groups in total. The van der Waals surface area contributed by atoms with Gasteiger partial charge in [0.2, 0.25) is 0 Å². The summed E-state index contributed by atoms with van der Waals surface area (Å²) in [6.45, 7) is 0. The first-order valence-electron chi connectivity index (χ1n) is 6.18. The fraction of sp³-hybridized carbons (Fsp3) is 0.267. The van der Waals surface area contributed by atoms with Gasteiger partial charge in [0.15, 0.2) is 0 Å². The van der Waals surface area contributed by atoms with E-state index in [1.54, 1.807) is 7.11 Å². The number of alkyl halides is 1. The van der Waals surface area contributed by atoms with Crippen LogP contribution in [0.2, 0.25) is 0 Å². The molecule has 4 heteroatoms. The molecule has 1 atom stereocenters. The molecule has 0 aromatic heterocycles. The van der Waals surface area contributed by atoms with E-state index in [9.17, 15) is 0 Å². The predicted molar refractivity (Wildman–Crippen MR) is 77.2 cm³/mol. The fourth-order valence-corrected chi connectivity index (χ4v) is 2.54. The molecule has 2 aromatic carbocycles. The van der Waals surface area contributed by atoms with Gasteiger partial charge in [-0.25, -0.2) is 0 Å². The molecule has 1 heterocycles. The van der Waals surface area contributed by atoms with Gasteiger partial charge in [-0.05, 0) is 17.5 Å². The molecule has 0 saturated heterocycles. The monoisotopic (exact) mass is 275 g/mol. The van der Waals surface area contributed by atoms with Crippen molar-refractivity contribution < 1.29 is 9.57 Å². The minimum atomic E-state index is -0.0162. The van der Waals surface area contributed by atoms with Crippen molar-refractivity contribution >= 4 is 28.1 Å². The molecular formula is C15H14ClNO2. The van der Waals surface area contributed by atoms with Crippen molar-refractivity contribution in [3.8, 4) is 5.75 Å². The number of halogens is 1. The average Bonchev–Trinajstić information content (AvgIpc) is 2.95. The number of methoxy groups -OCH3 is 1. The molecule has 0 spiro atoms. The van der Waals surface area contributed by atoms with Crippen LogP contribution in [0, 0.1) is 0 Å². The lowest BCUT2D eigenvalue weighted by molar-refractivity contribution is 0.102. The molecule has 1 unspecified atom stereocenters. The molecule has 2 aromatic rings. The van der Waals surface area contributed by atoms with E-state index in [-0.39, 0.29) is 6.10 Å². The quantitative estimate of drug-likeness (QED) is 0.802. The van der Waals surface area contributed by atoms with Crippen molar-refractivity contribution in [2.75, 3.05) is 13.0 Å². The van der Waals surface area contributed by atoms with Gasteiger partial charge in [0.25, 0.3) is 0 Å². The Bertz CT molecular complexity index is 639. The van der Waals surface area contributed by atoms with Gasteiger partial charge in [0, 0.05) is 17.4 Å². The van der Waals surface area contributed by atoms with Crippen molar-refractivity contribution in [2.45, 2.75) is 12.5 Å². The number of hydrogen-bond donors (Lipinski definition) is 0. The highest BCUT2D eigenvalue weighted by atomic mass is 35.5.